The highest BCUT2D eigenvalue weighted by atomic mass is 16.5. The molecule has 4 heteroatoms. The van der Waals surface area contributed by atoms with E-state index >= 15 is 0 Å². The Bertz CT molecular complexity index is 405. The van der Waals surface area contributed by atoms with Gasteiger partial charge in [-0.15, -0.1) is 0 Å². The first-order valence-corrected chi connectivity index (χ1v) is 6.51. The third-order valence-corrected chi connectivity index (χ3v) is 3.22. The molecule has 1 rings (SSSR count). The summed E-state index contributed by atoms with van der Waals surface area (Å²) in [5, 5.41) is 3.51. The Kier molecular flexibility index (Phi) is 5.96. The molecule has 0 aliphatic rings. The van der Waals surface area contributed by atoms with Crippen LogP contribution >= 0.6 is 0 Å². The van der Waals surface area contributed by atoms with E-state index in [4.69, 9.17) is 14.2 Å². The van der Waals surface area contributed by atoms with E-state index in [-0.39, 0.29) is 6.04 Å². The number of methoxy groups -OCH3 is 3. The van der Waals surface area contributed by atoms with E-state index in [1.54, 1.807) is 21.3 Å². The molecule has 0 spiro atoms. The molecule has 0 radical (unpaired) electrons. The predicted molar refractivity (Wildman–Crippen MR) is 78.4 cm³/mol. The number of benzene rings is 1. The molecule has 0 heterocycles. The van der Waals surface area contributed by atoms with Crippen LogP contribution in [0.1, 0.15) is 19.4 Å². The van der Waals surface area contributed by atoms with E-state index < -0.39 is 0 Å². The second-order valence-electron chi connectivity index (χ2n) is 4.97. The van der Waals surface area contributed by atoms with Crippen molar-refractivity contribution < 1.29 is 14.2 Å². The van der Waals surface area contributed by atoms with Crippen LogP contribution in [0.5, 0.6) is 11.5 Å². The van der Waals surface area contributed by atoms with Gasteiger partial charge < -0.3 is 19.5 Å². The highest BCUT2D eigenvalue weighted by Gasteiger charge is 2.15. The number of ether oxygens (including phenoxy) is 3. The zero-order valence-corrected chi connectivity index (χ0v) is 12.7. The summed E-state index contributed by atoms with van der Waals surface area (Å²) in [6, 6.07) is 4.21. The van der Waals surface area contributed by atoms with E-state index in [0.717, 1.165) is 22.7 Å². The highest BCUT2D eigenvalue weighted by Crippen LogP contribution is 2.33. The van der Waals surface area contributed by atoms with Gasteiger partial charge in [0, 0.05) is 18.9 Å². The van der Waals surface area contributed by atoms with Gasteiger partial charge >= 0.3 is 0 Å². The molecule has 1 N–H and O–H groups in total. The van der Waals surface area contributed by atoms with Crippen molar-refractivity contribution in [1.29, 1.82) is 0 Å². The van der Waals surface area contributed by atoms with E-state index in [9.17, 15) is 0 Å². The Hall–Kier alpha value is -1.42. The van der Waals surface area contributed by atoms with E-state index in [2.05, 4.69) is 26.1 Å². The van der Waals surface area contributed by atoms with Crippen LogP contribution in [-0.4, -0.2) is 34.0 Å². The van der Waals surface area contributed by atoms with Gasteiger partial charge in [-0.2, -0.15) is 0 Å². The fourth-order valence-corrected chi connectivity index (χ4v) is 1.92. The molecule has 0 saturated carbocycles. The first kappa shape index (κ1) is 15.6. The van der Waals surface area contributed by atoms with Crippen LogP contribution in [-0.2, 0) is 4.74 Å². The second kappa shape index (κ2) is 7.24. The molecule has 0 saturated heterocycles. The van der Waals surface area contributed by atoms with Crippen molar-refractivity contribution in [2.24, 2.45) is 5.92 Å². The molecule has 4 nitrogen and oxygen atoms in total. The van der Waals surface area contributed by atoms with Gasteiger partial charge in [-0.25, -0.2) is 0 Å². The molecular formula is C15H25NO3. The maximum Gasteiger partial charge on any atom is 0.162 e. The summed E-state index contributed by atoms with van der Waals surface area (Å²) in [6.45, 7) is 7.07. The van der Waals surface area contributed by atoms with Gasteiger partial charge in [0.05, 0.1) is 26.9 Å². The number of hydrogen-bond acceptors (Lipinski definition) is 4. The van der Waals surface area contributed by atoms with Crippen LogP contribution in [0, 0.1) is 12.8 Å². The standard InChI is InChI=1S/C15H25NO3/c1-10(2)13(9-17-4)16-12-8-15(19-6)14(18-5)7-11(12)3/h7-8,10,13,16H,9H2,1-6H3. The van der Waals surface area contributed by atoms with Gasteiger partial charge in [0.15, 0.2) is 11.5 Å². The molecule has 1 unspecified atom stereocenters. The maximum absolute atomic E-state index is 5.34. The Morgan fingerprint density at radius 3 is 2.11 bits per heavy atom. The predicted octanol–water partition coefficient (Wildman–Crippen LogP) is 3.10. The molecule has 0 aliphatic heterocycles. The van der Waals surface area contributed by atoms with Crippen LogP contribution in [0.2, 0.25) is 0 Å². The van der Waals surface area contributed by atoms with Gasteiger partial charge in [0.25, 0.3) is 0 Å². The lowest BCUT2D eigenvalue weighted by atomic mass is 10.0. The van der Waals surface area contributed by atoms with E-state index in [0.29, 0.717) is 12.5 Å². The molecule has 0 bridgehead atoms. The molecule has 0 amide bonds. The fourth-order valence-electron chi connectivity index (χ4n) is 1.92. The van der Waals surface area contributed by atoms with Gasteiger partial charge in [-0.3, -0.25) is 0 Å². The summed E-state index contributed by atoms with van der Waals surface area (Å²) in [4.78, 5) is 0. The van der Waals surface area contributed by atoms with Crippen LogP contribution in [0.3, 0.4) is 0 Å². The smallest absolute Gasteiger partial charge is 0.162 e. The lowest BCUT2D eigenvalue weighted by molar-refractivity contribution is 0.171. The molecule has 0 aromatic heterocycles. The van der Waals surface area contributed by atoms with Crippen LogP contribution in [0.25, 0.3) is 0 Å². The second-order valence-corrected chi connectivity index (χ2v) is 4.97. The minimum absolute atomic E-state index is 0.266. The number of anilines is 1. The Labute approximate surface area is 116 Å². The maximum atomic E-state index is 5.34. The minimum Gasteiger partial charge on any atom is -0.493 e. The molecule has 0 fully saturated rings. The van der Waals surface area contributed by atoms with Crippen molar-refractivity contribution >= 4 is 5.69 Å². The number of hydrogen-bond donors (Lipinski definition) is 1. The molecular weight excluding hydrogens is 242 g/mol. The van der Waals surface area contributed by atoms with Crippen LogP contribution < -0.4 is 14.8 Å². The van der Waals surface area contributed by atoms with Crippen molar-refractivity contribution in [2.75, 3.05) is 33.3 Å². The summed E-state index contributed by atoms with van der Waals surface area (Å²) >= 11 is 0. The van der Waals surface area contributed by atoms with Crippen LogP contribution in [0.4, 0.5) is 5.69 Å². The molecule has 1 atom stereocenters. The molecule has 0 aliphatic carbocycles. The quantitative estimate of drug-likeness (QED) is 0.824. The monoisotopic (exact) mass is 267 g/mol. The van der Waals surface area contributed by atoms with Crippen LogP contribution in [0.15, 0.2) is 12.1 Å². The van der Waals surface area contributed by atoms with E-state index in [1.165, 1.54) is 0 Å². The lowest BCUT2D eigenvalue weighted by Gasteiger charge is -2.24. The summed E-state index contributed by atoms with van der Waals surface area (Å²) in [7, 11) is 5.01. The SMILES string of the molecule is COCC(Nc1cc(OC)c(OC)cc1C)C(C)C. The van der Waals surface area contributed by atoms with Crippen molar-refractivity contribution in [3.05, 3.63) is 17.7 Å². The van der Waals surface area contributed by atoms with Crippen molar-refractivity contribution in [3.63, 3.8) is 0 Å². The summed E-state index contributed by atoms with van der Waals surface area (Å²) in [5.74, 6) is 1.96. The zero-order chi connectivity index (χ0) is 14.4. The largest absolute Gasteiger partial charge is 0.493 e. The third kappa shape index (κ3) is 4.03. The zero-order valence-electron chi connectivity index (χ0n) is 12.7. The van der Waals surface area contributed by atoms with E-state index in [1.807, 2.05) is 12.1 Å². The van der Waals surface area contributed by atoms with Crippen molar-refractivity contribution in [3.8, 4) is 11.5 Å². The van der Waals surface area contributed by atoms with Crippen molar-refractivity contribution in [1.82, 2.24) is 0 Å². The normalized spacial score (nSPS) is 12.4. The Morgan fingerprint density at radius 1 is 1.05 bits per heavy atom. The summed E-state index contributed by atoms with van der Waals surface area (Å²) < 4.78 is 15.9. The number of nitrogens with one attached hydrogen (secondary N) is 1. The molecule has 19 heavy (non-hydrogen) atoms. The molecule has 1 aromatic rings. The topological polar surface area (TPSA) is 39.7 Å². The van der Waals surface area contributed by atoms with Gasteiger partial charge in [-0.1, -0.05) is 13.8 Å². The Balaban J connectivity index is 2.99. The summed E-state index contributed by atoms with van der Waals surface area (Å²) in [6.07, 6.45) is 0. The fraction of sp³-hybridized carbons (Fsp3) is 0.600. The lowest BCUT2D eigenvalue weighted by Crippen LogP contribution is -2.30. The molecule has 1 aromatic carbocycles. The third-order valence-electron chi connectivity index (χ3n) is 3.22. The van der Waals surface area contributed by atoms with Gasteiger partial charge in [0.2, 0.25) is 0 Å². The number of aryl methyl sites for hydroxylation is 1. The Morgan fingerprint density at radius 2 is 1.63 bits per heavy atom. The summed E-state index contributed by atoms with van der Waals surface area (Å²) in [5.41, 5.74) is 2.17. The minimum atomic E-state index is 0.266. The molecule has 108 valence electrons. The van der Waals surface area contributed by atoms with Gasteiger partial charge in [-0.05, 0) is 24.5 Å². The van der Waals surface area contributed by atoms with Gasteiger partial charge in [0.1, 0.15) is 0 Å². The average Bonchev–Trinajstić information content (AvgIpc) is 2.39. The average molecular weight is 267 g/mol. The first-order chi connectivity index (χ1) is 9.03. The van der Waals surface area contributed by atoms with Crippen molar-refractivity contribution in [2.45, 2.75) is 26.8 Å². The highest BCUT2D eigenvalue weighted by molar-refractivity contribution is 5.60. The number of rotatable bonds is 7. The first-order valence-electron chi connectivity index (χ1n) is 6.51.